The van der Waals surface area contributed by atoms with Gasteiger partial charge < -0.3 is 4.74 Å². The predicted molar refractivity (Wildman–Crippen MR) is 70.2 cm³/mol. The minimum atomic E-state index is -0.624. The molecule has 1 heterocycles. The Labute approximate surface area is 114 Å². The van der Waals surface area contributed by atoms with Crippen LogP contribution in [0.2, 0.25) is 5.02 Å². The summed E-state index contributed by atoms with van der Waals surface area (Å²) in [5.41, 5.74) is 0.858. The number of ether oxygens (including phenoxy) is 1. The zero-order valence-corrected chi connectivity index (χ0v) is 10.7. The lowest BCUT2D eigenvalue weighted by Crippen LogP contribution is -2.21. The third-order valence-corrected chi connectivity index (χ3v) is 3.45. The topological polar surface area (TPSA) is 26.3 Å². The van der Waals surface area contributed by atoms with Gasteiger partial charge in [-0.2, -0.15) is 0 Å². The average Bonchev–Trinajstić information content (AvgIpc) is 2.42. The Bertz CT molecular complexity index is 654. The number of hydrogen-bond donors (Lipinski definition) is 0. The van der Waals surface area contributed by atoms with Crippen LogP contribution in [0.25, 0.3) is 0 Å². The van der Waals surface area contributed by atoms with Crippen molar-refractivity contribution in [3.8, 4) is 5.75 Å². The SMILES string of the molecule is O=C1CC(c2cccc(Cl)c2F)Oc2ccccc21. The molecule has 0 N–H and O–H groups in total. The first-order valence-electron chi connectivity index (χ1n) is 5.89. The highest BCUT2D eigenvalue weighted by Gasteiger charge is 2.29. The molecular formula is C15H10ClFO2. The molecule has 3 rings (SSSR count). The standard InChI is InChI=1S/C15H10ClFO2/c16-11-6-3-5-10(15(11)17)14-8-12(18)9-4-1-2-7-13(9)19-14/h1-7,14H,8H2. The summed E-state index contributed by atoms with van der Waals surface area (Å²) < 4.78 is 19.7. The highest BCUT2D eigenvalue weighted by molar-refractivity contribution is 6.30. The lowest BCUT2D eigenvalue weighted by molar-refractivity contribution is 0.0846. The van der Waals surface area contributed by atoms with Gasteiger partial charge in [0.2, 0.25) is 0 Å². The Morgan fingerprint density at radius 2 is 1.95 bits per heavy atom. The van der Waals surface area contributed by atoms with Crippen LogP contribution in [0.15, 0.2) is 42.5 Å². The molecule has 2 nitrogen and oxygen atoms in total. The number of rotatable bonds is 1. The number of ketones is 1. The number of benzene rings is 2. The normalized spacial score (nSPS) is 17.8. The lowest BCUT2D eigenvalue weighted by atomic mass is 9.96. The molecule has 0 aromatic heterocycles. The van der Waals surface area contributed by atoms with Gasteiger partial charge >= 0.3 is 0 Å². The van der Waals surface area contributed by atoms with Gasteiger partial charge in [0, 0.05) is 5.56 Å². The Kier molecular flexibility index (Phi) is 2.99. The number of carbonyl (C=O) groups excluding carboxylic acids is 1. The molecule has 0 saturated heterocycles. The number of Topliss-reactive ketones (excluding diaryl/α,β-unsaturated/α-hetero) is 1. The van der Waals surface area contributed by atoms with Crippen molar-refractivity contribution >= 4 is 17.4 Å². The number of fused-ring (bicyclic) bond motifs is 1. The van der Waals surface area contributed by atoms with Crippen LogP contribution in [-0.4, -0.2) is 5.78 Å². The smallest absolute Gasteiger partial charge is 0.170 e. The molecule has 96 valence electrons. The van der Waals surface area contributed by atoms with E-state index in [9.17, 15) is 9.18 Å². The third kappa shape index (κ3) is 2.10. The van der Waals surface area contributed by atoms with E-state index in [1.54, 1.807) is 36.4 Å². The van der Waals surface area contributed by atoms with Gasteiger partial charge in [-0.25, -0.2) is 4.39 Å². The average molecular weight is 277 g/mol. The van der Waals surface area contributed by atoms with Gasteiger partial charge in [0.25, 0.3) is 0 Å². The van der Waals surface area contributed by atoms with E-state index in [0.717, 1.165) is 0 Å². The van der Waals surface area contributed by atoms with Crippen LogP contribution in [0.5, 0.6) is 5.75 Å². The van der Waals surface area contributed by atoms with Crippen LogP contribution in [0.1, 0.15) is 28.4 Å². The Morgan fingerprint density at radius 3 is 2.79 bits per heavy atom. The molecule has 4 heteroatoms. The first-order valence-corrected chi connectivity index (χ1v) is 6.27. The van der Waals surface area contributed by atoms with Crippen molar-refractivity contribution in [1.82, 2.24) is 0 Å². The maximum atomic E-state index is 14.0. The van der Waals surface area contributed by atoms with E-state index >= 15 is 0 Å². The maximum absolute atomic E-state index is 14.0. The van der Waals surface area contributed by atoms with Crippen LogP contribution >= 0.6 is 11.6 Å². The summed E-state index contributed by atoms with van der Waals surface area (Å²) in [7, 11) is 0. The van der Waals surface area contributed by atoms with E-state index < -0.39 is 11.9 Å². The molecule has 1 aliphatic heterocycles. The summed E-state index contributed by atoms with van der Waals surface area (Å²) >= 11 is 5.75. The van der Waals surface area contributed by atoms with Gasteiger partial charge in [-0.1, -0.05) is 35.9 Å². The minimum Gasteiger partial charge on any atom is -0.484 e. The Morgan fingerprint density at radius 1 is 1.16 bits per heavy atom. The number of hydrogen-bond acceptors (Lipinski definition) is 2. The molecule has 1 aliphatic rings. The van der Waals surface area contributed by atoms with Gasteiger partial charge in [0.05, 0.1) is 17.0 Å². The summed E-state index contributed by atoms with van der Waals surface area (Å²) in [5.74, 6) is -0.0873. The molecule has 0 spiro atoms. The predicted octanol–water partition coefficient (Wildman–Crippen LogP) is 4.19. The monoisotopic (exact) mass is 276 g/mol. The van der Waals surface area contributed by atoms with Crippen molar-refractivity contribution in [3.05, 3.63) is 64.4 Å². The second kappa shape index (κ2) is 4.67. The Hall–Kier alpha value is -1.87. The highest BCUT2D eigenvalue weighted by Crippen LogP contribution is 2.36. The van der Waals surface area contributed by atoms with Crippen LogP contribution in [0, 0.1) is 5.82 Å². The summed E-state index contributed by atoms with van der Waals surface area (Å²) in [4.78, 5) is 12.0. The van der Waals surface area contributed by atoms with Gasteiger partial charge in [0.1, 0.15) is 17.7 Å². The largest absolute Gasteiger partial charge is 0.484 e. The summed E-state index contributed by atoms with van der Waals surface area (Å²) in [5, 5.41) is 0.0346. The van der Waals surface area contributed by atoms with Gasteiger partial charge in [-0.05, 0) is 18.2 Å². The second-order valence-corrected chi connectivity index (χ2v) is 4.78. The summed E-state index contributed by atoms with van der Waals surface area (Å²) in [6.45, 7) is 0. The zero-order valence-electron chi connectivity index (χ0n) is 9.90. The molecule has 0 bridgehead atoms. The van der Waals surface area contributed by atoms with Crippen LogP contribution < -0.4 is 4.74 Å². The molecule has 0 saturated carbocycles. The maximum Gasteiger partial charge on any atom is 0.170 e. The first-order chi connectivity index (χ1) is 9.16. The molecule has 0 fully saturated rings. The highest BCUT2D eigenvalue weighted by atomic mass is 35.5. The fraction of sp³-hybridized carbons (Fsp3) is 0.133. The molecule has 2 aromatic carbocycles. The second-order valence-electron chi connectivity index (χ2n) is 4.37. The van der Waals surface area contributed by atoms with Gasteiger partial charge in [-0.15, -0.1) is 0 Å². The lowest BCUT2D eigenvalue weighted by Gasteiger charge is -2.25. The molecule has 19 heavy (non-hydrogen) atoms. The summed E-state index contributed by atoms with van der Waals surface area (Å²) in [6, 6.07) is 11.7. The number of halogens is 2. The quantitative estimate of drug-likeness (QED) is 0.781. The van der Waals surface area contributed by atoms with Crippen molar-refractivity contribution in [2.75, 3.05) is 0 Å². The fourth-order valence-corrected chi connectivity index (χ4v) is 2.40. The van der Waals surface area contributed by atoms with Gasteiger partial charge in [-0.3, -0.25) is 4.79 Å². The number of para-hydroxylation sites is 1. The molecule has 1 atom stereocenters. The molecule has 0 aliphatic carbocycles. The van der Waals surface area contributed by atoms with Crippen molar-refractivity contribution < 1.29 is 13.9 Å². The van der Waals surface area contributed by atoms with E-state index in [1.165, 1.54) is 6.07 Å². The zero-order chi connectivity index (χ0) is 13.4. The van der Waals surface area contributed by atoms with Crippen molar-refractivity contribution in [2.24, 2.45) is 0 Å². The van der Waals surface area contributed by atoms with E-state index in [2.05, 4.69) is 0 Å². The molecule has 0 amide bonds. The third-order valence-electron chi connectivity index (χ3n) is 3.16. The first kappa shape index (κ1) is 12.2. The van der Waals surface area contributed by atoms with Crippen molar-refractivity contribution in [3.63, 3.8) is 0 Å². The number of carbonyl (C=O) groups is 1. The fourth-order valence-electron chi connectivity index (χ4n) is 2.22. The van der Waals surface area contributed by atoms with E-state index in [0.29, 0.717) is 16.9 Å². The Balaban J connectivity index is 2.02. The molecule has 1 unspecified atom stereocenters. The minimum absolute atomic E-state index is 0.0346. The summed E-state index contributed by atoms with van der Waals surface area (Å²) in [6.07, 6.45) is -0.505. The van der Waals surface area contributed by atoms with Crippen LogP contribution in [-0.2, 0) is 0 Å². The molecular weight excluding hydrogens is 267 g/mol. The van der Waals surface area contributed by atoms with Crippen LogP contribution in [0.4, 0.5) is 4.39 Å². The molecule has 0 radical (unpaired) electrons. The van der Waals surface area contributed by atoms with Crippen molar-refractivity contribution in [2.45, 2.75) is 12.5 Å². The van der Waals surface area contributed by atoms with E-state index in [4.69, 9.17) is 16.3 Å². The van der Waals surface area contributed by atoms with E-state index in [1.807, 2.05) is 0 Å². The van der Waals surface area contributed by atoms with Crippen LogP contribution in [0.3, 0.4) is 0 Å². The van der Waals surface area contributed by atoms with E-state index in [-0.39, 0.29) is 17.2 Å². The molecule has 2 aromatic rings. The van der Waals surface area contributed by atoms with Crippen molar-refractivity contribution in [1.29, 1.82) is 0 Å². The van der Waals surface area contributed by atoms with Gasteiger partial charge in [0.15, 0.2) is 5.78 Å².